The van der Waals surface area contributed by atoms with Crippen LogP contribution in [0.15, 0.2) is 54.6 Å². The first kappa shape index (κ1) is 12.7. The first-order chi connectivity index (χ1) is 9.85. The minimum Gasteiger partial charge on any atom is -0.192 e. The molecule has 0 unspecified atom stereocenters. The van der Waals surface area contributed by atoms with Gasteiger partial charge in [0.25, 0.3) is 0 Å². The molecule has 0 fully saturated rings. The fraction of sp³-hybridized carbons (Fsp3) is 0. The molecule has 1 aromatic carbocycles. The standard InChI is InChI=1S/C17H9NS2/c18-12-15-9-11-17(20-15)16-10-8-14(19-16)7-6-13-4-2-1-3-5-13/h1-5,8-11H. The van der Waals surface area contributed by atoms with Crippen LogP contribution in [0.3, 0.4) is 0 Å². The van der Waals surface area contributed by atoms with Crippen LogP contribution in [0.2, 0.25) is 0 Å². The van der Waals surface area contributed by atoms with E-state index >= 15 is 0 Å². The van der Waals surface area contributed by atoms with Crippen LogP contribution in [0, 0.1) is 23.2 Å². The predicted molar refractivity (Wildman–Crippen MR) is 84.8 cm³/mol. The minimum absolute atomic E-state index is 0.741. The highest BCUT2D eigenvalue weighted by Gasteiger charge is 2.05. The minimum atomic E-state index is 0.741. The van der Waals surface area contributed by atoms with Crippen LogP contribution >= 0.6 is 22.7 Å². The average Bonchev–Trinajstić information content (AvgIpc) is 3.15. The molecule has 3 rings (SSSR count). The molecule has 3 heteroatoms. The van der Waals surface area contributed by atoms with Crippen molar-refractivity contribution in [2.45, 2.75) is 0 Å². The molecule has 0 spiro atoms. The Hall–Kier alpha value is -2.33. The Bertz CT molecular complexity index is 823. The molecule has 3 aromatic rings. The van der Waals surface area contributed by atoms with Gasteiger partial charge in [-0.2, -0.15) is 5.26 Å². The third-order valence-electron chi connectivity index (χ3n) is 2.67. The number of benzene rings is 1. The number of rotatable bonds is 1. The highest BCUT2D eigenvalue weighted by Crippen LogP contribution is 2.33. The molecular weight excluding hydrogens is 282 g/mol. The summed E-state index contributed by atoms with van der Waals surface area (Å²) in [5, 5.41) is 8.85. The van der Waals surface area contributed by atoms with Gasteiger partial charge in [-0.25, -0.2) is 0 Å². The van der Waals surface area contributed by atoms with E-state index in [0.717, 1.165) is 25.1 Å². The summed E-state index contributed by atoms with van der Waals surface area (Å²) in [6, 6.07) is 20.1. The van der Waals surface area contributed by atoms with Gasteiger partial charge in [0.15, 0.2) is 0 Å². The van der Waals surface area contributed by atoms with Crippen LogP contribution in [0.4, 0.5) is 0 Å². The van der Waals surface area contributed by atoms with Gasteiger partial charge in [-0.15, -0.1) is 22.7 Å². The van der Waals surface area contributed by atoms with Gasteiger partial charge in [0.1, 0.15) is 10.9 Å². The number of nitrogens with zero attached hydrogens (tertiary/aromatic N) is 1. The Balaban J connectivity index is 1.85. The molecule has 0 bridgehead atoms. The normalized spacial score (nSPS) is 9.55. The van der Waals surface area contributed by atoms with Gasteiger partial charge in [-0.3, -0.25) is 0 Å². The quantitative estimate of drug-likeness (QED) is 0.594. The molecule has 0 aliphatic heterocycles. The van der Waals surface area contributed by atoms with E-state index in [0.29, 0.717) is 0 Å². The average molecular weight is 291 g/mol. The molecule has 1 nitrogen and oxygen atoms in total. The van der Waals surface area contributed by atoms with Crippen molar-refractivity contribution in [2.75, 3.05) is 0 Å². The topological polar surface area (TPSA) is 23.8 Å². The lowest BCUT2D eigenvalue weighted by atomic mass is 10.2. The largest absolute Gasteiger partial charge is 0.192 e. The number of thiophene rings is 2. The van der Waals surface area contributed by atoms with E-state index in [4.69, 9.17) is 5.26 Å². The Morgan fingerprint density at radius 1 is 0.700 bits per heavy atom. The summed E-state index contributed by atoms with van der Waals surface area (Å²) in [5.74, 6) is 6.33. The van der Waals surface area contributed by atoms with Crippen molar-refractivity contribution >= 4 is 22.7 Å². The summed E-state index contributed by atoms with van der Waals surface area (Å²) < 4.78 is 0. The predicted octanol–water partition coefficient (Wildman–Crippen LogP) is 4.75. The third-order valence-corrected chi connectivity index (χ3v) is 4.86. The van der Waals surface area contributed by atoms with Crippen LogP contribution in [-0.4, -0.2) is 0 Å². The maximum absolute atomic E-state index is 8.85. The molecule has 0 N–H and O–H groups in total. The zero-order valence-corrected chi connectivity index (χ0v) is 12.1. The van der Waals surface area contributed by atoms with Crippen molar-refractivity contribution in [2.24, 2.45) is 0 Å². The van der Waals surface area contributed by atoms with Crippen molar-refractivity contribution in [1.82, 2.24) is 0 Å². The molecule has 0 saturated heterocycles. The van der Waals surface area contributed by atoms with Crippen LogP contribution in [0.1, 0.15) is 15.3 Å². The van der Waals surface area contributed by atoms with Crippen molar-refractivity contribution in [3.63, 3.8) is 0 Å². The van der Waals surface area contributed by atoms with Gasteiger partial charge < -0.3 is 0 Å². The summed E-state index contributed by atoms with van der Waals surface area (Å²) in [6.45, 7) is 0. The maximum Gasteiger partial charge on any atom is 0.110 e. The molecule has 0 aliphatic rings. The summed E-state index contributed by atoms with van der Waals surface area (Å²) in [5.41, 5.74) is 1.02. The maximum atomic E-state index is 8.85. The molecule has 94 valence electrons. The van der Waals surface area contributed by atoms with Gasteiger partial charge in [-0.05, 0) is 36.4 Å². The summed E-state index contributed by atoms with van der Waals surface area (Å²) in [7, 11) is 0. The zero-order valence-electron chi connectivity index (χ0n) is 10.5. The molecule has 0 radical (unpaired) electrons. The van der Waals surface area contributed by atoms with Crippen molar-refractivity contribution in [3.05, 3.63) is 69.9 Å². The van der Waals surface area contributed by atoms with Crippen molar-refractivity contribution in [3.8, 4) is 27.7 Å². The molecule has 0 atom stereocenters. The molecule has 0 aliphatic carbocycles. The van der Waals surface area contributed by atoms with Crippen LogP contribution in [-0.2, 0) is 0 Å². The van der Waals surface area contributed by atoms with E-state index < -0.39 is 0 Å². The van der Waals surface area contributed by atoms with Gasteiger partial charge >= 0.3 is 0 Å². The first-order valence-corrected chi connectivity index (χ1v) is 7.66. The van der Waals surface area contributed by atoms with Crippen molar-refractivity contribution < 1.29 is 0 Å². The lowest BCUT2D eigenvalue weighted by Gasteiger charge is -1.87. The molecule has 2 heterocycles. The number of hydrogen-bond acceptors (Lipinski definition) is 3. The lowest BCUT2D eigenvalue weighted by molar-refractivity contribution is 1.52. The summed E-state index contributed by atoms with van der Waals surface area (Å²) >= 11 is 3.17. The van der Waals surface area contributed by atoms with E-state index in [1.54, 1.807) is 11.3 Å². The Kier molecular flexibility index (Phi) is 3.65. The third kappa shape index (κ3) is 2.81. The fourth-order valence-electron chi connectivity index (χ4n) is 1.72. The van der Waals surface area contributed by atoms with Crippen LogP contribution in [0.5, 0.6) is 0 Å². The Morgan fingerprint density at radius 3 is 2.00 bits per heavy atom. The van der Waals surface area contributed by atoms with Gasteiger partial charge in [-0.1, -0.05) is 30.0 Å². The summed E-state index contributed by atoms with van der Waals surface area (Å²) in [6.07, 6.45) is 0. The van der Waals surface area contributed by atoms with Gasteiger partial charge in [0, 0.05) is 15.3 Å². The number of hydrogen-bond donors (Lipinski definition) is 0. The SMILES string of the molecule is N#Cc1ccc(-c2ccc(C#Cc3ccccc3)s2)s1. The second-order valence-electron chi connectivity index (χ2n) is 4.06. The van der Waals surface area contributed by atoms with E-state index in [2.05, 4.69) is 24.0 Å². The Morgan fingerprint density at radius 2 is 1.35 bits per heavy atom. The molecule has 0 amide bonds. The molecular formula is C17H9NS2. The summed E-state index contributed by atoms with van der Waals surface area (Å²) in [4.78, 5) is 4.06. The van der Waals surface area contributed by atoms with E-state index in [9.17, 15) is 0 Å². The van der Waals surface area contributed by atoms with E-state index in [1.165, 1.54) is 11.3 Å². The fourth-order valence-corrected chi connectivity index (χ4v) is 3.48. The first-order valence-electron chi connectivity index (χ1n) is 6.02. The smallest absolute Gasteiger partial charge is 0.110 e. The van der Waals surface area contributed by atoms with Crippen LogP contribution < -0.4 is 0 Å². The molecule has 20 heavy (non-hydrogen) atoms. The molecule has 0 saturated carbocycles. The highest BCUT2D eigenvalue weighted by molar-refractivity contribution is 7.22. The van der Waals surface area contributed by atoms with Gasteiger partial charge in [0.2, 0.25) is 0 Å². The second-order valence-corrected chi connectivity index (χ2v) is 6.22. The second kappa shape index (κ2) is 5.75. The lowest BCUT2D eigenvalue weighted by Crippen LogP contribution is -1.70. The molecule has 2 aromatic heterocycles. The van der Waals surface area contributed by atoms with Gasteiger partial charge in [0.05, 0.1) is 4.88 Å². The van der Waals surface area contributed by atoms with Crippen LogP contribution in [0.25, 0.3) is 9.75 Å². The van der Waals surface area contributed by atoms with Crippen molar-refractivity contribution in [1.29, 1.82) is 5.26 Å². The van der Waals surface area contributed by atoms with E-state index in [1.807, 2.05) is 48.5 Å². The Labute approximate surface area is 125 Å². The zero-order chi connectivity index (χ0) is 13.8. The number of nitriles is 1. The highest BCUT2D eigenvalue weighted by atomic mass is 32.1. The van der Waals surface area contributed by atoms with E-state index in [-0.39, 0.29) is 0 Å². The monoisotopic (exact) mass is 291 g/mol.